The van der Waals surface area contributed by atoms with Crippen LogP contribution in [0.15, 0.2) is 87.4 Å². The third-order valence-electron chi connectivity index (χ3n) is 4.14. The van der Waals surface area contributed by atoms with Crippen LogP contribution in [0.5, 0.6) is 0 Å². The largest absolute Gasteiger partial charge is 0.463 e. The minimum Gasteiger partial charge on any atom is -0.463 e. The molecule has 0 spiro atoms. The highest BCUT2D eigenvalue weighted by molar-refractivity contribution is 7.89. The molecule has 1 atom stereocenters. The maximum Gasteiger partial charge on any atom is 0.258 e. The average molecular weight is 411 g/mol. The van der Waals surface area contributed by atoms with E-state index in [4.69, 9.17) is 4.42 Å². The van der Waals surface area contributed by atoms with E-state index < -0.39 is 22.0 Å². The molecule has 1 aromatic heterocycles. The number of nitrogens with one attached hydrogen (secondary N) is 2. The van der Waals surface area contributed by atoms with Crippen molar-refractivity contribution in [2.75, 3.05) is 0 Å². The number of carbonyl (C=O) groups is 1. The molecule has 3 aromatic rings. The van der Waals surface area contributed by atoms with Crippen LogP contribution in [-0.4, -0.2) is 26.6 Å². The molecule has 150 valence electrons. The smallest absolute Gasteiger partial charge is 0.258 e. The van der Waals surface area contributed by atoms with E-state index >= 15 is 0 Å². The Morgan fingerprint density at radius 2 is 1.79 bits per heavy atom. The maximum atomic E-state index is 12.8. The predicted octanol–water partition coefficient (Wildman–Crippen LogP) is 2.63. The van der Waals surface area contributed by atoms with Crippen LogP contribution in [0.1, 0.15) is 16.9 Å². The van der Waals surface area contributed by atoms with Gasteiger partial charge in [0.1, 0.15) is 11.8 Å². The summed E-state index contributed by atoms with van der Waals surface area (Å²) in [5.41, 5.74) is 4.12. The fourth-order valence-corrected chi connectivity index (χ4v) is 3.81. The summed E-state index contributed by atoms with van der Waals surface area (Å²) >= 11 is 0. The van der Waals surface area contributed by atoms with E-state index in [0.29, 0.717) is 5.76 Å². The van der Waals surface area contributed by atoms with E-state index in [-0.39, 0.29) is 11.3 Å². The lowest BCUT2D eigenvalue weighted by Gasteiger charge is -2.17. The van der Waals surface area contributed by atoms with Crippen molar-refractivity contribution in [1.82, 2.24) is 10.1 Å². The molecule has 0 bridgehead atoms. The molecule has 7 nitrogen and oxygen atoms in total. The van der Waals surface area contributed by atoms with Crippen molar-refractivity contribution in [3.05, 3.63) is 89.9 Å². The molecule has 3 rings (SSSR count). The van der Waals surface area contributed by atoms with E-state index in [1.54, 1.807) is 24.3 Å². The van der Waals surface area contributed by atoms with Crippen LogP contribution >= 0.6 is 0 Å². The van der Waals surface area contributed by atoms with Crippen molar-refractivity contribution >= 4 is 22.1 Å². The monoisotopic (exact) mass is 411 g/mol. The Bertz CT molecular complexity index is 1060. The number of nitrogens with zero attached hydrogens (tertiary/aromatic N) is 1. The molecule has 1 heterocycles. The van der Waals surface area contributed by atoms with Crippen LogP contribution in [0.25, 0.3) is 0 Å². The predicted molar refractivity (Wildman–Crippen MR) is 110 cm³/mol. The van der Waals surface area contributed by atoms with Crippen LogP contribution in [0.4, 0.5) is 0 Å². The molecule has 0 radical (unpaired) electrons. The molecule has 2 aromatic carbocycles. The van der Waals surface area contributed by atoms with Crippen LogP contribution in [0, 0.1) is 6.92 Å². The van der Waals surface area contributed by atoms with Gasteiger partial charge in [-0.15, -0.1) is 0 Å². The lowest BCUT2D eigenvalue weighted by Crippen LogP contribution is -2.46. The second-order valence-corrected chi connectivity index (χ2v) is 8.14. The van der Waals surface area contributed by atoms with Crippen LogP contribution in [-0.2, 0) is 21.2 Å². The lowest BCUT2D eigenvalue weighted by molar-refractivity contribution is -0.122. The highest BCUT2D eigenvalue weighted by atomic mass is 32.2. The molecule has 1 amide bonds. The molecule has 8 heteroatoms. The number of benzene rings is 2. The van der Waals surface area contributed by atoms with Crippen molar-refractivity contribution in [3.8, 4) is 0 Å². The molecular weight excluding hydrogens is 390 g/mol. The number of hydrogen-bond acceptors (Lipinski definition) is 5. The average Bonchev–Trinajstić information content (AvgIpc) is 3.22. The molecule has 0 aliphatic rings. The summed E-state index contributed by atoms with van der Waals surface area (Å²) in [4.78, 5) is 12.7. The summed E-state index contributed by atoms with van der Waals surface area (Å²) in [6.45, 7) is 1.87. The molecule has 0 unspecified atom stereocenters. The normalized spacial score (nSPS) is 12.7. The summed E-state index contributed by atoms with van der Waals surface area (Å²) in [6, 6.07) is 17.9. The minimum absolute atomic E-state index is 0.0908. The SMILES string of the molecule is Cc1ccc(S(=O)(=O)N[C@@H](Cc2ccccc2)C(=O)N/N=C/c2ccco2)cc1. The molecule has 0 aliphatic heterocycles. The summed E-state index contributed by atoms with van der Waals surface area (Å²) in [5, 5.41) is 3.84. The summed E-state index contributed by atoms with van der Waals surface area (Å²) in [5.74, 6) is -0.113. The molecule has 0 aliphatic carbocycles. The highest BCUT2D eigenvalue weighted by Crippen LogP contribution is 2.12. The van der Waals surface area contributed by atoms with Gasteiger partial charge in [0, 0.05) is 0 Å². The van der Waals surface area contributed by atoms with E-state index in [2.05, 4.69) is 15.2 Å². The maximum absolute atomic E-state index is 12.8. The Labute approximate surface area is 169 Å². The number of hydrazone groups is 1. The van der Waals surface area contributed by atoms with E-state index in [9.17, 15) is 13.2 Å². The second-order valence-electron chi connectivity index (χ2n) is 6.43. The van der Waals surface area contributed by atoms with Gasteiger partial charge in [-0.25, -0.2) is 13.8 Å². The second kappa shape index (κ2) is 9.31. The highest BCUT2D eigenvalue weighted by Gasteiger charge is 2.26. The Balaban J connectivity index is 1.78. The molecular formula is C21H21N3O4S. The van der Waals surface area contributed by atoms with E-state index in [0.717, 1.165) is 11.1 Å². The molecule has 0 saturated heterocycles. The number of rotatable bonds is 8. The van der Waals surface area contributed by atoms with Gasteiger partial charge in [-0.05, 0) is 43.2 Å². The van der Waals surface area contributed by atoms with Crippen LogP contribution in [0.3, 0.4) is 0 Å². The van der Waals surface area contributed by atoms with Crippen LogP contribution < -0.4 is 10.1 Å². The zero-order valence-corrected chi connectivity index (χ0v) is 16.6. The van der Waals surface area contributed by atoms with E-state index in [1.165, 1.54) is 24.6 Å². The quantitative estimate of drug-likeness (QED) is 0.439. The zero-order valence-electron chi connectivity index (χ0n) is 15.8. The van der Waals surface area contributed by atoms with Crippen molar-refractivity contribution in [1.29, 1.82) is 0 Å². The van der Waals surface area contributed by atoms with Gasteiger partial charge in [0.05, 0.1) is 17.4 Å². The zero-order chi connectivity index (χ0) is 20.7. The fraction of sp³-hybridized carbons (Fsp3) is 0.143. The number of amides is 1. The summed E-state index contributed by atoms with van der Waals surface area (Å²) in [7, 11) is -3.89. The first-order chi connectivity index (χ1) is 13.9. The van der Waals surface area contributed by atoms with Gasteiger partial charge in [0.25, 0.3) is 5.91 Å². The topological polar surface area (TPSA) is 101 Å². The molecule has 0 fully saturated rings. The Morgan fingerprint density at radius 3 is 2.45 bits per heavy atom. The molecule has 29 heavy (non-hydrogen) atoms. The van der Waals surface area contributed by atoms with Gasteiger partial charge in [-0.2, -0.15) is 9.82 Å². The standard InChI is InChI=1S/C21H21N3O4S/c1-16-9-11-19(12-10-16)29(26,27)24-20(14-17-6-3-2-4-7-17)21(25)23-22-15-18-8-5-13-28-18/h2-13,15,20,24H,14H2,1H3,(H,23,25)/b22-15+/t20-/m0/s1. The number of hydrogen-bond donors (Lipinski definition) is 2. The van der Waals surface area contributed by atoms with Gasteiger partial charge in [0.15, 0.2) is 0 Å². The molecule has 2 N–H and O–H groups in total. The van der Waals surface area contributed by atoms with Gasteiger partial charge in [-0.3, -0.25) is 4.79 Å². The Kier molecular flexibility index (Phi) is 6.58. The fourth-order valence-electron chi connectivity index (χ4n) is 2.61. The van der Waals surface area contributed by atoms with Crippen molar-refractivity contribution < 1.29 is 17.6 Å². The summed E-state index contributed by atoms with van der Waals surface area (Å²) < 4.78 is 33.1. The van der Waals surface area contributed by atoms with Crippen molar-refractivity contribution in [3.63, 3.8) is 0 Å². The van der Waals surface area contributed by atoms with Crippen LogP contribution in [0.2, 0.25) is 0 Å². The van der Waals surface area contributed by atoms with Crippen molar-refractivity contribution in [2.45, 2.75) is 24.3 Å². The number of aryl methyl sites for hydroxylation is 1. The first kappa shape index (κ1) is 20.5. The third kappa shape index (κ3) is 5.87. The number of carbonyl (C=O) groups excluding carboxylic acids is 1. The number of sulfonamides is 1. The van der Waals surface area contributed by atoms with Crippen molar-refractivity contribution in [2.24, 2.45) is 5.10 Å². The van der Waals surface area contributed by atoms with E-state index in [1.807, 2.05) is 37.3 Å². The number of furan rings is 1. The van der Waals surface area contributed by atoms with Gasteiger partial charge < -0.3 is 4.42 Å². The Morgan fingerprint density at radius 1 is 1.07 bits per heavy atom. The lowest BCUT2D eigenvalue weighted by atomic mass is 10.1. The van der Waals surface area contributed by atoms with Gasteiger partial charge in [-0.1, -0.05) is 48.0 Å². The minimum atomic E-state index is -3.89. The van der Waals surface area contributed by atoms with Gasteiger partial charge in [0.2, 0.25) is 10.0 Å². The molecule has 0 saturated carbocycles. The summed E-state index contributed by atoms with van der Waals surface area (Å²) in [6.07, 6.45) is 3.00. The Hall–Kier alpha value is -3.23. The first-order valence-corrected chi connectivity index (χ1v) is 10.4. The first-order valence-electron chi connectivity index (χ1n) is 8.93. The van der Waals surface area contributed by atoms with Gasteiger partial charge >= 0.3 is 0 Å². The third-order valence-corrected chi connectivity index (χ3v) is 5.63.